The summed E-state index contributed by atoms with van der Waals surface area (Å²) in [7, 11) is 0. The van der Waals surface area contributed by atoms with Crippen LogP contribution in [-0.4, -0.2) is 5.91 Å². The first-order valence-electron chi connectivity index (χ1n) is 9.02. The molecular weight excluding hydrogens is 334 g/mol. The van der Waals surface area contributed by atoms with E-state index in [4.69, 9.17) is 4.74 Å². The normalized spacial score (nSPS) is 10.9. The zero-order valence-electron chi connectivity index (χ0n) is 15.6. The summed E-state index contributed by atoms with van der Waals surface area (Å²) in [5, 5.41) is 2.85. The van der Waals surface area contributed by atoms with Gasteiger partial charge in [-0.3, -0.25) is 4.79 Å². The molecule has 3 heteroatoms. The lowest BCUT2D eigenvalue weighted by molar-refractivity contribution is -0.111. The van der Waals surface area contributed by atoms with Crippen molar-refractivity contribution < 1.29 is 9.53 Å². The summed E-state index contributed by atoms with van der Waals surface area (Å²) in [5.74, 6) is 1.83. The minimum atomic E-state index is -0.167. The lowest BCUT2D eigenvalue weighted by Crippen LogP contribution is -2.07. The fraction of sp³-hybridized carbons (Fsp3) is 0.125. The Bertz CT molecular complexity index is 895. The van der Waals surface area contributed by atoms with Crippen molar-refractivity contribution in [1.82, 2.24) is 0 Å². The molecule has 3 rings (SSSR count). The fourth-order valence-electron chi connectivity index (χ4n) is 2.58. The molecule has 0 heterocycles. The molecule has 0 saturated carbocycles. The smallest absolute Gasteiger partial charge is 0.248 e. The highest BCUT2D eigenvalue weighted by Crippen LogP contribution is 2.22. The maximum Gasteiger partial charge on any atom is 0.248 e. The van der Waals surface area contributed by atoms with Gasteiger partial charge in [-0.25, -0.2) is 0 Å². The Morgan fingerprint density at radius 1 is 0.852 bits per heavy atom. The van der Waals surface area contributed by atoms with E-state index in [9.17, 15) is 4.79 Å². The van der Waals surface area contributed by atoms with Crippen molar-refractivity contribution in [2.75, 3.05) is 5.32 Å². The van der Waals surface area contributed by atoms with Gasteiger partial charge in [0.2, 0.25) is 5.91 Å². The van der Waals surface area contributed by atoms with Gasteiger partial charge in [-0.1, -0.05) is 56.3 Å². The summed E-state index contributed by atoms with van der Waals surface area (Å²) in [5.41, 5.74) is 3.01. The second kappa shape index (κ2) is 8.86. The van der Waals surface area contributed by atoms with Crippen molar-refractivity contribution in [3.05, 3.63) is 96.1 Å². The number of benzene rings is 3. The van der Waals surface area contributed by atoms with E-state index >= 15 is 0 Å². The Morgan fingerprint density at radius 3 is 2.11 bits per heavy atom. The van der Waals surface area contributed by atoms with E-state index in [1.54, 1.807) is 6.08 Å². The molecule has 0 unspecified atom stereocenters. The molecule has 0 radical (unpaired) electrons. The Hall–Kier alpha value is -3.33. The van der Waals surface area contributed by atoms with Gasteiger partial charge in [-0.05, 0) is 59.5 Å². The lowest BCUT2D eigenvalue weighted by Gasteiger charge is -2.07. The van der Waals surface area contributed by atoms with E-state index in [1.165, 1.54) is 5.56 Å². The molecule has 3 aromatic carbocycles. The van der Waals surface area contributed by atoms with Crippen LogP contribution in [-0.2, 0) is 4.79 Å². The summed E-state index contributed by atoms with van der Waals surface area (Å²) >= 11 is 0. The zero-order chi connectivity index (χ0) is 19.1. The molecule has 0 aliphatic carbocycles. The van der Waals surface area contributed by atoms with Gasteiger partial charge < -0.3 is 10.1 Å². The summed E-state index contributed by atoms with van der Waals surface area (Å²) in [6.45, 7) is 4.32. The van der Waals surface area contributed by atoms with E-state index in [-0.39, 0.29) is 5.91 Å². The topological polar surface area (TPSA) is 38.3 Å². The summed E-state index contributed by atoms with van der Waals surface area (Å²) in [4.78, 5) is 12.1. The average molecular weight is 357 g/mol. The zero-order valence-corrected chi connectivity index (χ0v) is 15.6. The van der Waals surface area contributed by atoms with E-state index in [2.05, 4.69) is 31.3 Å². The largest absolute Gasteiger partial charge is 0.457 e. The SMILES string of the molecule is CC(C)c1ccc(C=CC(=O)Nc2ccc(Oc3ccccc3)cc2)cc1. The number of carbonyl (C=O) groups is 1. The van der Waals surface area contributed by atoms with Crippen LogP contribution < -0.4 is 10.1 Å². The molecule has 1 N–H and O–H groups in total. The lowest BCUT2D eigenvalue weighted by atomic mass is 10.0. The standard InChI is InChI=1S/C24H23NO2/c1-18(2)20-11-8-19(9-12-20)10-17-24(26)25-21-13-15-23(16-14-21)27-22-6-4-3-5-7-22/h3-18H,1-2H3,(H,25,26). The third-order valence-electron chi connectivity index (χ3n) is 4.13. The van der Waals surface area contributed by atoms with E-state index in [1.807, 2.05) is 72.8 Å². The van der Waals surface area contributed by atoms with Crippen LogP contribution in [0.25, 0.3) is 6.08 Å². The van der Waals surface area contributed by atoms with E-state index in [0.717, 1.165) is 22.7 Å². The number of hydrogen-bond acceptors (Lipinski definition) is 2. The van der Waals surface area contributed by atoms with Crippen molar-refractivity contribution in [1.29, 1.82) is 0 Å². The molecule has 0 bridgehead atoms. The summed E-state index contributed by atoms with van der Waals surface area (Å²) in [6, 6.07) is 25.1. The Balaban J connectivity index is 1.55. The van der Waals surface area contributed by atoms with Crippen molar-refractivity contribution in [3.8, 4) is 11.5 Å². The molecule has 3 aromatic rings. The van der Waals surface area contributed by atoms with Gasteiger partial charge in [-0.15, -0.1) is 0 Å². The molecule has 0 saturated heterocycles. The fourth-order valence-corrected chi connectivity index (χ4v) is 2.58. The van der Waals surface area contributed by atoms with Crippen LogP contribution >= 0.6 is 0 Å². The van der Waals surface area contributed by atoms with Crippen LogP contribution in [0.3, 0.4) is 0 Å². The molecular formula is C24H23NO2. The van der Waals surface area contributed by atoms with Crippen molar-refractivity contribution >= 4 is 17.7 Å². The number of carbonyl (C=O) groups excluding carboxylic acids is 1. The monoisotopic (exact) mass is 357 g/mol. The Kier molecular flexibility index (Phi) is 6.06. The maximum absolute atomic E-state index is 12.1. The quantitative estimate of drug-likeness (QED) is 0.529. The van der Waals surface area contributed by atoms with Crippen molar-refractivity contribution in [3.63, 3.8) is 0 Å². The molecule has 1 amide bonds. The highest BCUT2D eigenvalue weighted by molar-refractivity contribution is 6.01. The molecule has 0 fully saturated rings. The maximum atomic E-state index is 12.1. The average Bonchev–Trinajstić information content (AvgIpc) is 2.69. The number of rotatable bonds is 6. The number of ether oxygens (including phenoxy) is 1. The van der Waals surface area contributed by atoms with Gasteiger partial charge in [0.25, 0.3) is 0 Å². The van der Waals surface area contributed by atoms with Gasteiger partial charge >= 0.3 is 0 Å². The molecule has 27 heavy (non-hydrogen) atoms. The highest BCUT2D eigenvalue weighted by atomic mass is 16.5. The third-order valence-corrected chi connectivity index (χ3v) is 4.13. The van der Waals surface area contributed by atoms with Gasteiger partial charge in [0, 0.05) is 11.8 Å². The number of amides is 1. The number of nitrogens with one attached hydrogen (secondary N) is 1. The highest BCUT2D eigenvalue weighted by Gasteiger charge is 2.01. The minimum Gasteiger partial charge on any atom is -0.457 e. The number of para-hydroxylation sites is 1. The molecule has 0 aliphatic heterocycles. The first kappa shape index (κ1) is 18.5. The molecule has 0 atom stereocenters. The number of hydrogen-bond donors (Lipinski definition) is 1. The van der Waals surface area contributed by atoms with Crippen LogP contribution in [0, 0.1) is 0 Å². The molecule has 136 valence electrons. The van der Waals surface area contributed by atoms with Crippen molar-refractivity contribution in [2.24, 2.45) is 0 Å². The van der Waals surface area contributed by atoms with Crippen molar-refractivity contribution in [2.45, 2.75) is 19.8 Å². The second-order valence-corrected chi connectivity index (χ2v) is 6.58. The van der Waals surface area contributed by atoms with E-state index < -0.39 is 0 Å². The van der Waals surface area contributed by atoms with Crippen LogP contribution in [0.5, 0.6) is 11.5 Å². The Labute approximate surface area is 160 Å². The molecule has 0 aliphatic rings. The molecule has 0 aromatic heterocycles. The van der Waals surface area contributed by atoms with Crippen LogP contribution in [0.15, 0.2) is 84.9 Å². The minimum absolute atomic E-state index is 0.167. The summed E-state index contributed by atoms with van der Waals surface area (Å²) < 4.78 is 5.74. The summed E-state index contributed by atoms with van der Waals surface area (Å²) in [6.07, 6.45) is 3.35. The number of anilines is 1. The predicted octanol–water partition coefficient (Wildman–Crippen LogP) is 6.25. The van der Waals surface area contributed by atoms with Crippen LogP contribution in [0.2, 0.25) is 0 Å². The van der Waals surface area contributed by atoms with Crippen LogP contribution in [0.4, 0.5) is 5.69 Å². The van der Waals surface area contributed by atoms with Crippen LogP contribution in [0.1, 0.15) is 30.9 Å². The van der Waals surface area contributed by atoms with E-state index in [0.29, 0.717) is 5.92 Å². The molecule has 0 spiro atoms. The van der Waals surface area contributed by atoms with Gasteiger partial charge in [-0.2, -0.15) is 0 Å². The predicted molar refractivity (Wildman–Crippen MR) is 111 cm³/mol. The third kappa shape index (κ3) is 5.58. The van der Waals surface area contributed by atoms with Gasteiger partial charge in [0.05, 0.1) is 0 Å². The second-order valence-electron chi connectivity index (χ2n) is 6.58. The van der Waals surface area contributed by atoms with Gasteiger partial charge in [0.15, 0.2) is 0 Å². The Morgan fingerprint density at radius 2 is 1.48 bits per heavy atom. The first-order chi connectivity index (χ1) is 13.1. The molecule has 3 nitrogen and oxygen atoms in total. The van der Waals surface area contributed by atoms with Gasteiger partial charge in [0.1, 0.15) is 11.5 Å². The first-order valence-corrected chi connectivity index (χ1v) is 9.02.